The van der Waals surface area contributed by atoms with Crippen LogP contribution in [0.25, 0.3) is 11.4 Å². The Morgan fingerprint density at radius 2 is 2.43 bits per heavy atom. The molecule has 2 unspecified atom stereocenters. The van der Waals surface area contributed by atoms with Gasteiger partial charge in [0.2, 0.25) is 0 Å². The molecule has 2 aromatic heterocycles. The predicted octanol–water partition coefficient (Wildman–Crippen LogP) is 2.35. The van der Waals surface area contributed by atoms with E-state index < -0.39 is 22.7 Å². The Bertz CT molecular complexity index is 716. The van der Waals surface area contributed by atoms with Crippen LogP contribution in [0.5, 0.6) is 0 Å². The van der Waals surface area contributed by atoms with E-state index >= 15 is 0 Å². The molecule has 0 amide bonds. The van der Waals surface area contributed by atoms with Crippen LogP contribution in [-0.2, 0) is 22.1 Å². The number of nitrogens with zero attached hydrogens (tertiary/aromatic N) is 1. The van der Waals surface area contributed by atoms with Gasteiger partial charge in [0.1, 0.15) is 0 Å². The largest absolute Gasteiger partial charge is 0.481 e. The maximum atomic E-state index is 12.4. The number of rotatable bonds is 5. The second-order valence-corrected chi connectivity index (χ2v) is 6.46. The third-order valence-corrected chi connectivity index (χ3v) is 5.10. The molecular weight excluding hydrogens is 288 g/mol. The molecule has 2 aromatic rings. The van der Waals surface area contributed by atoms with E-state index in [0.717, 1.165) is 17.1 Å². The number of aromatic nitrogens is 2. The summed E-state index contributed by atoms with van der Waals surface area (Å²) in [6.07, 6.45) is 4.00. The third-order valence-electron chi connectivity index (χ3n) is 3.76. The molecule has 2 atom stereocenters. The van der Waals surface area contributed by atoms with Gasteiger partial charge in [-0.2, -0.15) is 0 Å². The van der Waals surface area contributed by atoms with Gasteiger partial charge in [-0.1, -0.05) is 6.08 Å². The van der Waals surface area contributed by atoms with Gasteiger partial charge in [0.25, 0.3) is 0 Å². The minimum Gasteiger partial charge on any atom is -0.481 e. The van der Waals surface area contributed by atoms with E-state index in [9.17, 15) is 14.1 Å². The fraction of sp³-hybridized carbons (Fsp3) is 0.267. The average molecular weight is 304 g/mol. The maximum absolute atomic E-state index is 12.4. The van der Waals surface area contributed by atoms with Crippen molar-refractivity contribution < 1.29 is 14.1 Å². The number of carboxylic acid groups (broad SMARTS) is 1. The molecular formula is C15H16N2O3S. The highest BCUT2D eigenvalue weighted by Gasteiger charge is 2.33. The summed E-state index contributed by atoms with van der Waals surface area (Å²) < 4.78 is 14.4. The summed E-state index contributed by atoms with van der Waals surface area (Å²) in [5, 5.41) is 9.32. The number of aliphatic carboxylic acids is 1. The van der Waals surface area contributed by atoms with Gasteiger partial charge in [0.15, 0.2) is 0 Å². The van der Waals surface area contributed by atoms with Crippen LogP contribution in [-0.4, -0.2) is 30.6 Å². The summed E-state index contributed by atoms with van der Waals surface area (Å²) in [7, 11) is -1.22. The molecule has 0 radical (unpaired) electrons. The van der Waals surface area contributed by atoms with Gasteiger partial charge in [-0.05, 0) is 24.6 Å². The highest BCUT2D eigenvalue weighted by Crippen LogP contribution is 2.38. The number of H-pyrrole nitrogens is 1. The summed E-state index contributed by atoms with van der Waals surface area (Å²) in [5.41, 5.74) is 2.43. The summed E-state index contributed by atoms with van der Waals surface area (Å²) in [4.78, 5) is 15.2. The Hall–Kier alpha value is -2.08. The Morgan fingerprint density at radius 3 is 3.05 bits per heavy atom. The predicted molar refractivity (Wildman–Crippen MR) is 80.7 cm³/mol. The Labute approximate surface area is 124 Å². The monoisotopic (exact) mass is 304 g/mol. The molecule has 110 valence electrons. The smallest absolute Gasteiger partial charge is 0.312 e. The Morgan fingerprint density at radius 1 is 1.62 bits per heavy atom. The molecule has 0 aliphatic carbocycles. The second kappa shape index (κ2) is 5.37. The molecule has 21 heavy (non-hydrogen) atoms. The molecule has 0 fully saturated rings. The Kier molecular flexibility index (Phi) is 3.55. The van der Waals surface area contributed by atoms with Crippen LogP contribution >= 0.6 is 0 Å². The van der Waals surface area contributed by atoms with E-state index in [0.29, 0.717) is 23.6 Å². The van der Waals surface area contributed by atoms with Crippen molar-refractivity contribution in [2.75, 3.05) is 5.75 Å². The Balaban J connectivity index is 2.17. The lowest BCUT2D eigenvalue weighted by atomic mass is 10.1. The molecule has 5 nitrogen and oxygen atoms in total. The zero-order valence-electron chi connectivity index (χ0n) is 11.4. The molecule has 2 N–H and O–H groups in total. The van der Waals surface area contributed by atoms with Crippen LogP contribution in [0.2, 0.25) is 0 Å². The molecule has 6 heteroatoms. The van der Waals surface area contributed by atoms with Crippen molar-refractivity contribution in [2.24, 2.45) is 0 Å². The SMILES string of the molecule is C=CCS(=O)c1cc2n(c1-c1ccc[nH]1)CCC2C(=O)O. The summed E-state index contributed by atoms with van der Waals surface area (Å²) in [5.74, 6) is -0.993. The highest BCUT2D eigenvalue weighted by atomic mass is 32.2. The van der Waals surface area contributed by atoms with E-state index in [4.69, 9.17) is 0 Å². The quantitative estimate of drug-likeness (QED) is 0.833. The molecule has 0 saturated heterocycles. The normalized spacial score (nSPS) is 18.4. The van der Waals surface area contributed by atoms with Crippen molar-refractivity contribution >= 4 is 16.8 Å². The van der Waals surface area contributed by atoms with Gasteiger partial charge in [-0.3, -0.25) is 9.00 Å². The minimum absolute atomic E-state index is 0.356. The first kappa shape index (κ1) is 13.9. The van der Waals surface area contributed by atoms with E-state index in [-0.39, 0.29) is 0 Å². The fourth-order valence-corrected chi connectivity index (χ4v) is 3.94. The second-order valence-electron chi connectivity index (χ2n) is 5.00. The number of carboxylic acids is 1. The average Bonchev–Trinajstić information content (AvgIpc) is 3.13. The van der Waals surface area contributed by atoms with E-state index in [1.54, 1.807) is 18.3 Å². The molecule has 0 aromatic carbocycles. The van der Waals surface area contributed by atoms with Crippen LogP contribution in [0.1, 0.15) is 18.0 Å². The third kappa shape index (κ3) is 2.25. The first-order valence-electron chi connectivity index (χ1n) is 6.72. The van der Waals surface area contributed by atoms with Gasteiger partial charge in [0.05, 0.1) is 33.0 Å². The minimum atomic E-state index is -1.22. The van der Waals surface area contributed by atoms with Gasteiger partial charge in [0, 0.05) is 24.2 Å². The number of nitrogens with one attached hydrogen (secondary N) is 1. The zero-order valence-corrected chi connectivity index (χ0v) is 12.2. The molecule has 3 heterocycles. The lowest BCUT2D eigenvalue weighted by molar-refractivity contribution is -0.138. The van der Waals surface area contributed by atoms with Gasteiger partial charge in [-0.15, -0.1) is 6.58 Å². The van der Waals surface area contributed by atoms with Crippen LogP contribution in [0.4, 0.5) is 0 Å². The molecule has 0 saturated carbocycles. The lowest BCUT2D eigenvalue weighted by Crippen LogP contribution is -2.07. The van der Waals surface area contributed by atoms with Crippen molar-refractivity contribution in [3.05, 3.63) is 42.7 Å². The number of fused-ring (bicyclic) bond motifs is 1. The van der Waals surface area contributed by atoms with E-state index in [1.165, 1.54) is 0 Å². The topological polar surface area (TPSA) is 75.1 Å². The van der Waals surface area contributed by atoms with Gasteiger partial charge in [-0.25, -0.2) is 0 Å². The van der Waals surface area contributed by atoms with Crippen LogP contribution < -0.4 is 0 Å². The fourth-order valence-electron chi connectivity index (χ4n) is 2.85. The van der Waals surface area contributed by atoms with Crippen molar-refractivity contribution in [3.63, 3.8) is 0 Å². The first-order valence-corrected chi connectivity index (χ1v) is 8.04. The van der Waals surface area contributed by atoms with Crippen LogP contribution in [0.3, 0.4) is 0 Å². The maximum Gasteiger partial charge on any atom is 0.312 e. The van der Waals surface area contributed by atoms with Crippen molar-refractivity contribution in [2.45, 2.75) is 23.8 Å². The van der Waals surface area contributed by atoms with Crippen LogP contribution in [0.15, 0.2) is 41.9 Å². The number of carbonyl (C=O) groups is 1. The van der Waals surface area contributed by atoms with Gasteiger partial charge < -0.3 is 14.7 Å². The standard InChI is InChI=1S/C15H16N2O3S/c1-2-8-21(20)13-9-12-10(15(18)19)5-7-17(12)14(13)11-4-3-6-16-11/h2-4,6,9-10,16H,1,5,7-8H2,(H,18,19). The van der Waals surface area contributed by atoms with E-state index in [1.807, 2.05) is 16.7 Å². The van der Waals surface area contributed by atoms with E-state index in [2.05, 4.69) is 11.6 Å². The van der Waals surface area contributed by atoms with Crippen LogP contribution in [0, 0.1) is 0 Å². The highest BCUT2D eigenvalue weighted by molar-refractivity contribution is 7.85. The first-order chi connectivity index (χ1) is 10.1. The molecule has 0 bridgehead atoms. The summed E-state index contributed by atoms with van der Waals surface area (Å²) in [6, 6.07) is 5.56. The number of hydrogen-bond donors (Lipinski definition) is 2. The number of hydrogen-bond acceptors (Lipinski definition) is 2. The summed E-state index contributed by atoms with van der Waals surface area (Å²) >= 11 is 0. The molecule has 1 aliphatic rings. The van der Waals surface area contributed by atoms with Crippen molar-refractivity contribution in [1.29, 1.82) is 0 Å². The van der Waals surface area contributed by atoms with Crippen molar-refractivity contribution in [3.8, 4) is 11.4 Å². The van der Waals surface area contributed by atoms with Gasteiger partial charge >= 0.3 is 5.97 Å². The number of aromatic amines is 1. The summed E-state index contributed by atoms with van der Waals surface area (Å²) in [6.45, 7) is 4.25. The van der Waals surface area contributed by atoms with Crippen molar-refractivity contribution in [1.82, 2.24) is 9.55 Å². The molecule has 1 aliphatic heterocycles. The lowest BCUT2D eigenvalue weighted by Gasteiger charge is -2.07. The zero-order chi connectivity index (χ0) is 15.0. The molecule has 0 spiro atoms. The molecule has 3 rings (SSSR count).